The molecule has 0 unspecified atom stereocenters. The Morgan fingerprint density at radius 3 is 2.53 bits per heavy atom. The first-order valence-electron chi connectivity index (χ1n) is 5.96. The molecule has 0 spiro atoms. The summed E-state index contributed by atoms with van der Waals surface area (Å²) in [5.74, 6) is 0. The molecule has 0 saturated heterocycles. The zero-order valence-electron chi connectivity index (χ0n) is 11.4. The van der Waals surface area contributed by atoms with Gasteiger partial charge in [-0.25, -0.2) is 13.6 Å². The van der Waals surface area contributed by atoms with Crippen LogP contribution in [0.1, 0.15) is 20.8 Å². The fraction of sp³-hybridized carbons (Fsp3) is 0.500. The molecule has 0 aromatic heterocycles. The van der Waals surface area contributed by atoms with E-state index in [1.54, 1.807) is 12.1 Å². The third-order valence-electron chi connectivity index (χ3n) is 2.55. The van der Waals surface area contributed by atoms with E-state index in [2.05, 4.69) is 5.32 Å². The molecule has 0 saturated carbocycles. The van der Waals surface area contributed by atoms with E-state index in [1.807, 2.05) is 20.8 Å². The second-order valence-corrected chi connectivity index (χ2v) is 6.38. The highest BCUT2D eigenvalue weighted by atomic mass is 32.2. The van der Waals surface area contributed by atoms with Crippen LogP contribution in [0.3, 0.4) is 0 Å². The molecule has 19 heavy (non-hydrogen) atoms. The van der Waals surface area contributed by atoms with Crippen molar-refractivity contribution in [2.24, 2.45) is 5.14 Å². The lowest BCUT2D eigenvalue weighted by Crippen LogP contribution is -2.33. The van der Waals surface area contributed by atoms with Crippen LogP contribution < -0.4 is 16.2 Å². The largest absolute Gasteiger partial charge is 0.399 e. The van der Waals surface area contributed by atoms with Gasteiger partial charge in [0.2, 0.25) is 10.0 Å². The smallest absolute Gasteiger partial charge is 0.240 e. The first-order chi connectivity index (χ1) is 8.65. The van der Waals surface area contributed by atoms with Crippen LogP contribution in [-0.2, 0) is 14.8 Å². The number of sulfonamides is 1. The van der Waals surface area contributed by atoms with Gasteiger partial charge in [-0.1, -0.05) is 0 Å². The van der Waals surface area contributed by atoms with E-state index < -0.39 is 15.6 Å². The molecule has 0 fully saturated rings. The molecule has 0 amide bonds. The van der Waals surface area contributed by atoms with Gasteiger partial charge in [0.25, 0.3) is 0 Å². The van der Waals surface area contributed by atoms with Crippen molar-refractivity contribution in [3.05, 3.63) is 18.2 Å². The van der Waals surface area contributed by atoms with E-state index in [9.17, 15) is 8.42 Å². The summed E-state index contributed by atoms with van der Waals surface area (Å²) in [5, 5.41) is 8.20. The lowest BCUT2D eigenvalue weighted by Gasteiger charge is -2.26. The van der Waals surface area contributed by atoms with Crippen molar-refractivity contribution in [3.8, 4) is 0 Å². The average molecular weight is 287 g/mol. The molecular weight excluding hydrogens is 266 g/mol. The maximum absolute atomic E-state index is 11.5. The third-order valence-corrected chi connectivity index (χ3v) is 3.50. The number of hydrogen-bond donors (Lipinski definition) is 3. The maximum atomic E-state index is 11.5. The molecule has 0 aliphatic heterocycles. The Morgan fingerprint density at radius 2 is 2.00 bits per heavy atom. The quantitative estimate of drug-likeness (QED) is 0.680. The van der Waals surface area contributed by atoms with Gasteiger partial charge in [0.1, 0.15) is 4.90 Å². The van der Waals surface area contributed by atoms with Crippen LogP contribution in [0.15, 0.2) is 23.1 Å². The Bertz CT molecular complexity index is 541. The lowest BCUT2D eigenvalue weighted by molar-refractivity contribution is 0.000661. The predicted octanol–water partition coefficient (Wildman–Crippen LogP) is 1.14. The Morgan fingerprint density at radius 1 is 1.37 bits per heavy atom. The second-order valence-electron chi connectivity index (χ2n) is 4.85. The Kier molecular flexibility index (Phi) is 4.78. The standard InChI is InChI=1S/C12H21N3O3S/c1-4-18-12(2,3)8-15-10-6-5-9(13)7-11(10)19(14,16)17/h5-7,15H,4,8,13H2,1-3H3,(H2,14,16,17). The van der Waals surface area contributed by atoms with Crippen LogP contribution in [0.4, 0.5) is 11.4 Å². The van der Waals surface area contributed by atoms with Crippen molar-refractivity contribution in [1.29, 1.82) is 0 Å². The molecule has 6 nitrogen and oxygen atoms in total. The molecule has 108 valence electrons. The number of nitrogens with one attached hydrogen (secondary N) is 1. The summed E-state index contributed by atoms with van der Waals surface area (Å²) in [7, 11) is -3.82. The fourth-order valence-electron chi connectivity index (χ4n) is 1.67. The van der Waals surface area contributed by atoms with Gasteiger partial charge in [-0.15, -0.1) is 0 Å². The molecule has 1 aromatic rings. The molecule has 0 aliphatic carbocycles. The Hall–Kier alpha value is -1.31. The number of nitrogen functional groups attached to an aromatic ring is 1. The van der Waals surface area contributed by atoms with E-state index in [4.69, 9.17) is 15.6 Å². The second kappa shape index (κ2) is 5.77. The first-order valence-corrected chi connectivity index (χ1v) is 7.50. The average Bonchev–Trinajstić information content (AvgIpc) is 2.26. The summed E-state index contributed by atoms with van der Waals surface area (Å²) in [6.07, 6.45) is 0. The van der Waals surface area contributed by atoms with Gasteiger partial charge in [0.05, 0.1) is 11.3 Å². The molecule has 7 heteroatoms. The van der Waals surface area contributed by atoms with Crippen molar-refractivity contribution in [3.63, 3.8) is 0 Å². The molecule has 0 atom stereocenters. The monoisotopic (exact) mass is 287 g/mol. The highest BCUT2D eigenvalue weighted by molar-refractivity contribution is 7.89. The van der Waals surface area contributed by atoms with Gasteiger partial charge in [0.15, 0.2) is 0 Å². The molecule has 1 aromatic carbocycles. The summed E-state index contributed by atoms with van der Waals surface area (Å²) in [5.41, 5.74) is 5.94. The van der Waals surface area contributed by atoms with E-state index in [-0.39, 0.29) is 4.90 Å². The molecule has 5 N–H and O–H groups in total. The van der Waals surface area contributed by atoms with Crippen LogP contribution in [0.25, 0.3) is 0 Å². The highest BCUT2D eigenvalue weighted by Crippen LogP contribution is 2.23. The number of benzene rings is 1. The number of primary sulfonamides is 1. The molecule has 0 heterocycles. The zero-order valence-corrected chi connectivity index (χ0v) is 12.3. The van der Waals surface area contributed by atoms with Gasteiger partial charge in [-0.2, -0.15) is 0 Å². The first kappa shape index (κ1) is 15.7. The lowest BCUT2D eigenvalue weighted by atomic mass is 10.1. The van der Waals surface area contributed by atoms with Crippen LogP contribution in [0, 0.1) is 0 Å². The molecule has 0 radical (unpaired) electrons. The molecule has 0 bridgehead atoms. The Labute approximate surface area is 114 Å². The van der Waals surface area contributed by atoms with Crippen LogP contribution >= 0.6 is 0 Å². The zero-order chi connectivity index (χ0) is 14.7. The fourth-order valence-corrected chi connectivity index (χ4v) is 2.42. The normalized spacial score (nSPS) is 12.4. The van der Waals surface area contributed by atoms with E-state index in [0.29, 0.717) is 24.5 Å². The number of hydrogen-bond acceptors (Lipinski definition) is 5. The summed E-state index contributed by atoms with van der Waals surface area (Å²) >= 11 is 0. The minimum Gasteiger partial charge on any atom is -0.399 e. The van der Waals surface area contributed by atoms with E-state index in [1.165, 1.54) is 6.07 Å². The van der Waals surface area contributed by atoms with Gasteiger partial charge < -0.3 is 15.8 Å². The van der Waals surface area contributed by atoms with Crippen molar-refractivity contribution in [2.75, 3.05) is 24.2 Å². The van der Waals surface area contributed by atoms with Gasteiger partial charge >= 0.3 is 0 Å². The summed E-state index contributed by atoms with van der Waals surface area (Å²) in [4.78, 5) is -0.0141. The minimum atomic E-state index is -3.82. The topological polar surface area (TPSA) is 107 Å². The summed E-state index contributed by atoms with van der Waals surface area (Å²) < 4.78 is 28.5. The Balaban J connectivity index is 2.96. The van der Waals surface area contributed by atoms with E-state index in [0.717, 1.165) is 0 Å². The number of rotatable bonds is 6. The van der Waals surface area contributed by atoms with Gasteiger partial charge in [0, 0.05) is 18.8 Å². The van der Waals surface area contributed by atoms with Crippen LogP contribution in [0.5, 0.6) is 0 Å². The SMILES string of the molecule is CCOC(C)(C)CNc1ccc(N)cc1S(N)(=O)=O. The van der Waals surface area contributed by atoms with Crippen molar-refractivity contribution in [1.82, 2.24) is 0 Å². The number of anilines is 2. The molecule has 1 rings (SSSR count). The van der Waals surface area contributed by atoms with Crippen LogP contribution in [0.2, 0.25) is 0 Å². The number of nitrogens with two attached hydrogens (primary N) is 2. The highest BCUT2D eigenvalue weighted by Gasteiger charge is 2.20. The van der Waals surface area contributed by atoms with Crippen LogP contribution in [-0.4, -0.2) is 27.2 Å². The maximum Gasteiger partial charge on any atom is 0.240 e. The molecule has 0 aliphatic rings. The summed E-state index contributed by atoms with van der Waals surface area (Å²) in [6, 6.07) is 4.55. The third kappa shape index (κ3) is 4.70. The summed E-state index contributed by atoms with van der Waals surface area (Å²) in [6.45, 7) is 6.77. The van der Waals surface area contributed by atoms with E-state index >= 15 is 0 Å². The van der Waals surface area contributed by atoms with Crippen molar-refractivity contribution < 1.29 is 13.2 Å². The number of ether oxygens (including phenoxy) is 1. The van der Waals surface area contributed by atoms with Crippen molar-refractivity contribution >= 4 is 21.4 Å². The molecular formula is C12H21N3O3S. The van der Waals surface area contributed by atoms with Gasteiger partial charge in [-0.05, 0) is 39.0 Å². The minimum absolute atomic E-state index is 0.0141. The van der Waals surface area contributed by atoms with Crippen molar-refractivity contribution in [2.45, 2.75) is 31.3 Å². The van der Waals surface area contributed by atoms with Gasteiger partial charge in [-0.3, -0.25) is 0 Å². The predicted molar refractivity (Wildman–Crippen MR) is 76.4 cm³/mol.